The minimum atomic E-state index is -1.04. The van der Waals surface area contributed by atoms with Gasteiger partial charge >= 0.3 is 5.97 Å². The third-order valence-electron chi connectivity index (χ3n) is 3.14. The molecule has 1 aromatic rings. The first-order valence-electron chi connectivity index (χ1n) is 5.87. The molecule has 1 fully saturated rings. The van der Waals surface area contributed by atoms with Crippen molar-refractivity contribution in [3.63, 3.8) is 0 Å². The molecule has 18 heavy (non-hydrogen) atoms. The predicted molar refractivity (Wildman–Crippen MR) is 63.4 cm³/mol. The van der Waals surface area contributed by atoms with Crippen molar-refractivity contribution in [1.29, 1.82) is 0 Å². The number of ether oxygens (including phenoxy) is 1. The predicted octanol–water partition coefficient (Wildman–Crippen LogP) is 0.803. The Morgan fingerprint density at radius 1 is 1.61 bits per heavy atom. The summed E-state index contributed by atoms with van der Waals surface area (Å²) < 4.78 is 5.34. The zero-order valence-electron chi connectivity index (χ0n) is 10.4. The fourth-order valence-electron chi connectivity index (χ4n) is 2.05. The Balaban J connectivity index is 2.35. The van der Waals surface area contributed by atoms with Crippen LogP contribution < -0.4 is 5.56 Å². The summed E-state index contributed by atoms with van der Waals surface area (Å²) in [5.74, 6) is -0.136. The van der Waals surface area contributed by atoms with Crippen molar-refractivity contribution in [3.05, 3.63) is 27.4 Å². The minimum absolute atomic E-state index is 0.199. The molecule has 1 unspecified atom stereocenters. The van der Waals surface area contributed by atoms with Gasteiger partial charge < -0.3 is 14.8 Å². The lowest BCUT2D eigenvalue weighted by Gasteiger charge is -2.14. The Bertz CT molecular complexity index is 519. The number of aryl methyl sites for hydroxylation is 1. The summed E-state index contributed by atoms with van der Waals surface area (Å²) in [6, 6.07) is 0. The van der Waals surface area contributed by atoms with Crippen molar-refractivity contribution in [3.8, 4) is 0 Å². The highest BCUT2D eigenvalue weighted by atomic mass is 16.5. The number of aromatic nitrogens is 2. The number of hydrogen-bond donors (Lipinski definition) is 2. The maximum atomic E-state index is 11.8. The van der Waals surface area contributed by atoms with Gasteiger partial charge in [-0.2, -0.15) is 0 Å². The molecule has 1 heterocycles. The molecule has 2 rings (SSSR count). The van der Waals surface area contributed by atoms with Gasteiger partial charge in [0, 0.05) is 18.4 Å². The Hall–Kier alpha value is -1.69. The standard InChI is InChI=1S/C12H16N2O4/c1-6-8(5-9(15)16)12(17)14-11(13-6)10(18-2)7-3-4-7/h7,10H,3-5H2,1-2H3,(H,15,16)(H,13,14,17). The average Bonchev–Trinajstić information content (AvgIpc) is 3.08. The first kappa shape index (κ1) is 12.8. The number of carbonyl (C=O) groups is 1. The van der Waals surface area contributed by atoms with E-state index in [4.69, 9.17) is 9.84 Å². The normalized spacial score (nSPS) is 16.6. The highest BCUT2D eigenvalue weighted by Crippen LogP contribution is 2.41. The van der Waals surface area contributed by atoms with Crippen molar-refractivity contribution in [2.45, 2.75) is 32.3 Å². The third-order valence-corrected chi connectivity index (χ3v) is 3.14. The largest absolute Gasteiger partial charge is 0.481 e. The molecule has 1 aliphatic carbocycles. The summed E-state index contributed by atoms with van der Waals surface area (Å²) in [6.07, 6.45) is 1.63. The van der Waals surface area contributed by atoms with E-state index in [-0.39, 0.29) is 23.6 Å². The molecule has 6 nitrogen and oxygen atoms in total. The summed E-state index contributed by atoms with van der Waals surface area (Å²) in [7, 11) is 1.59. The maximum absolute atomic E-state index is 11.8. The summed E-state index contributed by atoms with van der Waals surface area (Å²) >= 11 is 0. The molecular weight excluding hydrogens is 236 g/mol. The number of aromatic amines is 1. The molecule has 0 radical (unpaired) electrons. The molecule has 1 atom stereocenters. The van der Waals surface area contributed by atoms with Gasteiger partial charge in [0.25, 0.3) is 5.56 Å². The number of nitrogens with one attached hydrogen (secondary N) is 1. The van der Waals surface area contributed by atoms with Gasteiger partial charge in [-0.15, -0.1) is 0 Å². The van der Waals surface area contributed by atoms with Gasteiger partial charge in [0.15, 0.2) is 0 Å². The SMILES string of the molecule is COC(c1nc(C)c(CC(=O)O)c(=O)[nH]1)C1CC1. The summed E-state index contributed by atoms with van der Waals surface area (Å²) in [6.45, 7) is 1.65. The highest BCUT2D eigenvalue weighted by Gasteiger charge is 2.34. The fraction of sp³-hybridized carbons (Fsp3) is 0.583. The van der Waals surface area contributed by atoms with Crippen LogP contribution in [0.5, 0.6) is 0 Å². The quantitative estimate of drug-likeness (QED) is 0.808. The van der Waals surface area contributed by atoms with Crippen LogP contribution in [0.4, 0.5) is 0 Å². The number of H-pyrrole nitrogens is 1. The molecule has 0 bridgehead atoms. The second-order valence-corrected chi connectivity index (χ2v) is 4.58. The second-order valence-electron chi connectivity index (χ2n) is 4.58. The van der Waals surface area contributed by atoms with Gasteiger partial charge in [-0.25, -0.2) is 4.98 Å². The summed E-state index contributed by atoms with van der Waals surface area (Å²) in [5.41, 5.74) is 0.276. The molecule has 0 aliphatic heterocycles. The van der Waals surface area contributed by atoms with E-state index in [9.17, 15) is 9.59 Å². The molecule has 0 amide bonds. The Morgan fingerprint density at radius 3 is 2.72 bits per heavy atom. The van der Waals surface area contributed by atoms with Gasteiger partial charge in [-0.1, -0.05) is 0 Å². The number of nitrogens with zero attached hydrogens (tertiary/aromatic N) is 1. The van der Waals surface area contributed by atoms with Gasteiger partial charge in [0.05, 0.1) is 6.42 Å². The number of carboxylic acid groups (broad SMARTS) is 1. The lowest BCUT2D eigenvalue weighted by molar-refractivity contribution is -0.136. The van der Waals surface area contributed by atoms with Crippen LogP contribution in [0.15, 0.2) is 4.79 Å². The molecule has 98 valence electrons. The van der Waals surface area contributed by atoms with Gasteiger partial charge in [0.2, 0.25) is 0 Å². The fourth-order valence-corrected chi connectivity index (χ4v) is 2.05. The molecule has 0 saturated heterocycles. The number of carboxylic acids is 1. The first-order valence-corrected chi connectivity index (χ1v) is 5.87. The molecular formula is C12H16N2O4. The van der Waals surface area contributed by atoms with Crippen LogP contribution in [0.2, 0.25) is 0 Å². The smallest absolute Gasteiger partial charge is 0.308 e. The Kier molecular flexibility index (Phi) is 3.47. The average molecular weight is 252 g/mol. The van der Waals surface area contributed by atoms with Gasteiger partial charge in [-0.05, 0) is 25.7 Å². The number of aliphatic carboxylic acids is 1. The number of hydrogen-bond acceptors (Lipinski definition) is 4. The number of rotatable bonds is 5. The van der Waals surface area contributed by atoms with Crippen molar-refractivity contribution in [2.24, 2.45) is 5.92 Å². The van der Waals surface area contributed by atoms with Crippen LogP contribution in [0.1, 0.15) is 36.0 Å². The van der Waals surface area contributed by atoms with E-state index in [0.29, 0.717) is 17.4 Å². The van der Waals surface area contributed by atoms with E-state index in [1.807, 2.05) is 0 Å². The van der Waals surface area contributed by atoms with Crippen LogP contribution in [-0.4, -0.2) is 28.2 Å². The molecule has 1 aliphatic rings. The van der Waals surface area contributed by atoms with Crippen LogP contribution >= 0.6 is 0 Å². The molecule has 1 aromatic heterocycles. The van der Waals surface area contributed by atoms with E-state index >= 15 is 0 Å². The van der Waals surface area contributed by atoms with E-state index < -0.39 is 5.97 Å². The highest BCUT2D eigenvalue weighted by molar-refractivity contribution is 5.70. The second kappa shape index (κ2) is 4.89. The summed E-state index contributed by atoms with van der Waals surface area (Å²) in [4.78, 5) is 29.4. The molecule has 6 heteroatoms. The molecule has 0 aromatic carbocycles. The van der Waals surface area contributed by atoms with Crippen LogP contribution in [0, 0.1) is 12.8 Å². The monoisotopic (exact) mass is 252 g/mol. The number of methoxy groups -OCH3 is 1. The van der Waals surface area contributed by atoms with Gasteiger partial charge in [0.1, 0.15) is 11.9 Å². The van der Waals surface area contributed by atoms with Crippen LogP contribution in [0.3, 0.4) is 0 Å². The van der Waals surface area contributed by atoms with E-state index in [2.05, 4.69) is 9.97 Å². The lowest BCUT2D eigenvalue weighted by Crippen LogP contribution is -2.23. The van der Waals surface area contributed by atoms with Crippen molar-refractivity contribution in [1.82, 2.24) is 9.97 Å². The van der Waals surface area contributed by atoms with E-state index in [0.717, 1.165) is 12.8 Å². The molecule has 0 spiro atoms. The molecule has 1 saturated carbocycles. The summed E-state index contributed by atoms with van der Waals surface area (Å²) in [5, 5.41) is 8.73. The van der Waals surface area contributed by atoms with E-state index in [1.165, 1.54) is 0 Å². The van der Waals surface area contributed by atoms with Crippen molar-refractivity contribution >= 4 is 5.97 Å². The zero-order valence-corrected chi connectivity index (χ0v) is 10.4. The molecule has 2 N–H and O–H groups in total. The minimum Gasteiger partial charge on any atom is -0.481 e. The topological polar surface area (TPSA) is 92.3 Å². The van der Waals surface area contributed by atoms with E-state index in [1.54, 1.807) is 14.0 Å². The van der Waals surface area contributed by atoms with Crippen LogP contribution in [0.25, 0.3) is 0 Å². The van der Waals surface area contributed by atoms with Crippen molar-refractivity contribution < 1.29 is 14.6 Å². The van der Waals surface area contributed by atoms with Crippen molar-refractivity contribution in [2.75, 3.05) is 7.11 Å². The lowest BCUT2D eigenvalue weighted by atomic mass is 10.1. The Morgan fingerprint density at radius 2 is 2.28 bits per heavy atom. The first-order chi connectivity index (χ1) is 8.52. The van der Waals surface area contributed by atoms with Crippen LogP contribution in [-0.2, 0) is 16.0 Å². The van der Waals surface area contributed by atoms with Gasteiger partial charge in [-0.3, -0.25) is 9.59 Å². The Labute approximate surface area is 104 Å². The maximum Gasteiger partial charge on any atom is 0.308 e. The zero-order chi connectivity index (χ0) is 13.3. The third kappa shape index (κ3) is 2.59.